The van der Waals surface area contributed by atoms with Gasteiger partial charge in [-0.05, 0) is 35.0 Å². The van der Waals surface area contributed by atoms with Gasteiger partial charge in [0.1, 0.15) is 11.8 Å². The van der Waals surface area contributed by atoms with E-state index in [2.05, 4.69) is 34.3 Å². The third-order valence-electron chi connectivity index (χ3n) is 4.74. The quantitative estimate of drug-likeness (QED) is 0.709. The molecular weight excluding hydrogens is 364 g/mol. The Hall–Kier alpha value is -2.15. The number of ether oxygens (including phenoxy) is 1. The van der Waals surface area contributed by atoms with Crippen LogP contribution in [0.25, 0.3) is 0 Å². The van der Waals surface area contributed by atoms with E-state index in [-0.39, 0.29) is 11.9 Å². The van der Waals surface area contributed by atoms with Crippen LogP contribution in [0.15, 0.2) is 53.2 Å². The Morgan fingerprint density at radius 2 is 2.15 bits per heavy atom. The molecule has 2 atom stereocenters. The standard InChI is InChI=1S/C20H20N2O2S2/c1-24-15-5-2-4-14(12-15)21-19(23)13-22-9-7-17-16(8-11-26-17)20(22)18-6-3-10-25-18/h2-6,8,10-12,20H,7,9,13H2,1H3,(H,21,23)/p+1/t20-/m0/s1. The van der Waals surface area contributed by atoms with E-state index in [1.165, 1.54) is 20.2 Å². The molecular formula is C20H21N2O2S2+. The fourth-order valence-corrected chi connectivity index (χ4v) is 5.38. The number of carbonyl (C=O) groups is 1. The van der Waals surface area contributed by atoms with E-state index in [1.54, 1.807) is 18.4 Å². The van der Waals surface area contributed by atoms with Gasteiger partial charge in [0.05, 0.1) is 18.5 Å². The second-order valence-electron chi connectivity index (χ2n) is 6.36. The second kappa shape index (κ2) is 7.61. The lowest BCUT2D eigenvalue weighted by Crippen LogP contribution is -3.14. The van der Waals surface area contributed by atoms with E-state index in [9.17, 15) is 4.79 Å². The van der Waals surface area contributed by atoms with E-state index in [4.69, 9.17) is 4.74 Å². The van der Waals surface area contributed by atoms with Crippen LogP contribution in [0.2, 0.25) is 0 Å². The lowest BCUT2D eigenvalue weighted by atomic mass is 9.98. The maximum atomic E-state index is 12.7. The van der Waals surface area contributed by atoms with Crippen LogP contribution < -0.4 is 15.0 Å². The summed E-state index contributed by atoms with van der Waals surface area (Å²) in [5, 5.41) is 7.30. The number of nitrogens with one attached hydrogen (secondary N) is 2. The van der Waals surface area contributed by atoms with Crippen LogP contribution in [0.3, 0.4) is 0 Å². The molecule has 0 fully saturated rings. The fourth-order valence-electron chi connectivity index (χ4n) is 3.56. The number of methoxy groups -OCH3 is 1. The van der Waals surface area contributed by atoms with Gasteiger partial charge < -0.3 is 15.0 Å². The number of hydrogen-bond donors (Lipinski definition) is 2. The highest BCUT2D eigenvalue weighted by Crippen LogP contribution is 2.31. The summed E-state index contributed by atoms with van der Waals surface area (Å²) in [7, 11) is 1.63. The molecule has 4 nitrogen and oxygen atoms in total. The molecule has 0 aliphatic carbocycles. The highest BCUT2D eigenvalue weighted by Gasteiger charge is 2.35. The second-order valence-corrected chi connectivity index (χ2v) is 8.34. The van der Waals surface area contributed by atoms with Gasteiger partial charge in [-0.3, -0.25) is 4.79 Å². The fraction of sp³-hybridized carbons (Fsp3) is 0.250. The van der Waals surface area contributed by atoms with Crippen molar-refractivity contribution >= 4 is 34.3 Å². The summed E-state index contributed by atoms with van der Waals surface area (Å²) in [6.07, 6.45) is 1.04. The van der Waals surface area contributed by atoms with Gasteiger partial charge in [0.25, 0.3) is 5.91 Å². The molecule has 0 saturated carbocycles. The summed E-state index contributed by atoms with van der Waals surface area (Å²) in [5.74, 6) is 0.779. The summed E-state index contributed by atoms with van der Waals surface area (Å²) in [6, 6.07) is 14.2. The number of amides is 1. The number of hydrogen-bond acceptors (Lipinski definition) is 4. The van der Waals surface area contributed by atoms with Gasteiger partial charge in [-0.15, -0.1) is 22.7 Å². The van der Waals surface area contributed by atoms with Crippen molar-refractivity contribution in [1.29, 1.82) is 0 Å². The van der Waals surface area contributed by atoms with Crippen molar-refractivity contribution < 1.29 is 14.4 Å². The van der Waals surface area contributed by atoms with Gasteiger partial charge in [-0.2, -0.15) is 0 Å². The molecule has 3 heterocycles. The Labute approximate surface area is 161 Å². The highest BCUT2D eigenvalue weighted by atomic mass is 32.1. The Balaban J connectivity index is 1.52. The molecule has 4 rings (SSSR count). The third kappa shape index (κ3) is 3.53. The number of quaternary nitrogens is 1. The van der Waals surface area contributed by atoms with E-state index < -0.39 is 0 Å². The highest BCUT2D eigenvalue weighted by molar-refractivity contribution is 7.10. The Bertz CT molecular complexity index is 889. The number of rotatable bonds is 5. The van der Waals surface area contributed by atoms with Gasteiger partial charge in [-0.25, -0.2) is 0 Å². The average molecular weight is 386 g/mol. The molecule has 26 heavy (non-hydrogen) atoms. The van der Waals surface area contributed by atoms with Gasteiger partial charge >= 0.3 is 0 Å². The van der Waals surface area contributed by atoms with Crippen LogP contribution in [0.1, 0.15) is 21.4 Å². The van der Waals surface area contributed by atoms with Gasteiger partial charge in [-0.1, -0.05) is 12.1 Å². The minimum Gasteiger partial charge on any atom is -0.497 e. The molecule has 1 aliphatic heterocycles. The molecule has 0 saturated heterocycles. The lowest BCUT2D eigenvalue weighted by molar-refractivity contribution is -0.919. The molecule has 1 amide bonds. The van der Waals surface area contributed by atoms with Crippen LogP contribution in [0, 0.1) is 0 Å². The van der Waals surface area contributed by atoms with E-state index in [0.717, 1.165) is 24.4 Å². The normalized spacial score (nSPS) is 19.0. The van der Waals surface area contributed by atoms with Gasteiger partial charge in [0.2, 0.25) is 0 Å². The number of carbonyl (C=O) groups excluding carboxylic acids is 1. The maximum Gasteiger partial charge on any atom is 0.279 e. The van der Waals surface area contributed by atoms with E-state index in [0.29, 0.717) is 6.54 Å². The van der Waals surface area contributed by atoms with Crippen molar-refractivity contribution in [3.8, 4) is 5.75 Å². The van der Waals surface area contributed by atoms with Crippen LogP contribution in [0.5, 0.6) is 5.75 Å². The zero-order valence-electron chi connectivity index (χ0n) is 14.5. The van der Waals surface area contributed by atoms with Crippen LogP contribution in [0.4, 0.5) is 5.69 Å². The summed E-state index contributed by atoms with van der Waals surface area (Å²) in [6.45, 7) is 1.43. The predicted molar refractivity (Wildman–Crippen MR) is 107 cm³/mol. The molecule has 0 bridgehead atoms. The summed E-state index contributed by atoms with van der Waals surface area (Å²) >= 11 is 3.60. The van der Waals surface area contributed by atoms with Crippen molar-refractivity contribution in [2.75, 3.05) is 25.5 Å². The summed E-state index contributed by atoms with van der Waals surface area (Å²) in [5.41, 5.74) is 2.16. The van der Waals surface area contributed by atoms with Crippen molar-refractivity contribution in [2.24, 2.45) is 0 Å². The molecule has 1 unspecified atom stereocenters. The zero-order chi connectivity index (χ0) is 17.9. The Morgan fingerprint density at radius 3 is 2.96 bits per heavy atom. The number of anilines is 1. The SMILES string of the molecule is COc1cccc(NC(=O)C[NH+]2CCc3sccc3[C@H]2c2cccs2)c1. The van der Waals surface area contributed by atoms with Gasteiger partial charge in [0.15, 0.2) is 6.54 Å². The lowest BCUT2D eigenvalue weighted by Gasteiger charge is -2.31. The number of thiophene rings is 2. The first-order valence-electron chi connectivity index (χ1n) is 8.63. The first-order valence-corrected chi connectivity index (χ1v) is 10.4. The van der Waals surface area contributed by atoms with Crippen molar-refractivity contribution in [3.05, 3.63) is 68.5 Å². The minimum atomic E-state index is 0.0356. The smallest absolute Gasteiger partial charge is 0.279 e. The minimum absolute atomic E-state index is 0.0356. The largest absolute Gasteiger partial charge is 0.497 e. The van der Waals surface area contributed by atoms with Crippen molar-refractivity contribution in [3.63, 3.8) is 0 Å². The Kier molecular flexibility index (Phi) is 5.06. The van der Waals surface area contributed by atoms with Crippen LogP contribution in [-0.4, -0.2) is 26.1 Å². The molecule has 134 valence electrons. The molecule has 2 aromatic heterocycles. The van der Waals surface area contributed by atoms with Crippen LogP contribution >= 0.6 is 22.7 Å². The first-order chi connectivity index (χ1) is 12.7. The Morgan fingerprint density at radius 1 is 1.23 bits per heavy atom. The number of benzene rings is 1. The molecule has 1 aliphatic rings. The third-order valence-corrected chi connectivity index (χ3v) is 6.67. The summed E-state index contributed by atoms with van der Waals surface area (Å²) < 4.78 is 5.23. The van der Waals surface area contributed by atoms with Crippen molar-refractivity contribution in [2.45, 2.75) is 12.5 Å². The molecule has 0 radical (unpaired) electrons. The molecule has 3 aromatic rings. The molecule has 6 heteroatoms. The van der Waals surface area contributed by atoms with E-state index in [1.807, 2.05) is 35.6 Å². The summed E-state index contributed by atoms with van der Waals surface area (Å²) in [4.78, 5) is 16.8. The zero-order valence-corrected chi connectivity index (χ0v) is 16.2. The topological polar surface area (TPSA) is 42.8 Å². The van der Waals surface area contributed by atoms with Crippen molar-refractivity contribution in [1.82, 2.24) is 0 Å². The van der Waals surface area contributed by atoms with Crippen LogP contribution in [-0.2, 0) is 11.2 Å². The average Bonchev–Trinajstić information content (AvgIpc) is 3.33. The maximum absolute atomic E-state index is 12.7. The molecule has 1 aromatic carbocycles. The monoisotopic (exact) mass is 385 g/mol. The number of fused-ring (bicyclic) bond motifs is 1. The predicted octanol–water partition coefficient (Wildman–Crippen LogP) is 2.99. The molecule has 2 N–H and O–H groups in total. The van der Waals surface area contributed by atoms with E-state index >= 15 is 0 Å². The van der Waals surface area contributed by atoms with Gasteiger partial charge in [0, 0.05) is 28.6 Å². The molecule has 0 spiro atoms. The first kappa shape index (κ1) is 17.3.